The SMILES string of the molecule is Clc1[c]ccc(-c2ncco2)c1. The molecule has 0 unspecified atom stereocenters. The normalized spacial score (nSPS) is 10.1. The molecule has 0 aliphatic heterocycles. The number of aromatic nitrogens is 1. The molecule has 0 saturated carbocycles. The summed E-state index contributed by atoms with van der Waals surface area (Å²) in [4.78, 5) is 3.99. The third-order valence-corrected chi connectivity index (χ3v) is 1.66. The van der Waals surface area contributed by atoms with Gasteiger partial charge in [0.15, 0.2) is 0 Å². The Hall–Kier alpha value is -1.28. The lowest BCUT2D eigenvalue weighted by Gasteiger charge is -1.93. The van der Waals surface area contributed by atoms with Gasteiger partial charge in [0.1, 0.15) is 6.26 Å². The Kier molecular flexibility index (Phi) is 1.84. The van der Waals surface area contributed by atoms with Crippen molar-refractivity contribution in [3.05, 3.63) is 41.7 Å². The molecule has 0 amide bonds. The van der Waals surface area contributed by atoms with Gasteiger partial charge >= 0.3 is 0 Å². The van der Waals surface area contributed by atoms with Crippen LogP contribution in [0.1, 0.15) is 0 Å². The Bertz CT molecular complexity index is 370. The number of nitrogens with zero attached hydrogens (tertiary/aromatic N) is 1. The van der Waals surface area contributed by atoms with Crippen molar-refractivity contribution in [2.24, 2.45) is 0 Å². The van der Waals surface area contributed by atoms with Crippen LogP contribution >= 0.6 is 11.6 Å². The van der Waals surface area contributed by atoms with E-state index in [2.05, 4.69) is 11.1 Å². The lowest BCUT2D eigenvalue weighted by atomic mass is 10.2. The van der Waals surface area contributed by atoms with E-state index in [9.17, 15) is 0 Å². The molecule has 12 heavy (non-hydrogen) atoms. The van der Waals surface area contributed by atoms with Crippen molar-refractivity contribution in [2.75, 3.05) is 0 Å². The maximum Gasteiger partial charge on any atom is 0.225 e. The van der Waals surface area contributed by atoms with Gasteiger partial charge in [-0.3, -0.25) is 0 Å². The average Bonchev–Trinajstić information content (AvgIpc) is 2.56. The van der Waals surface area contributed by atoms with Crippen molar-refractivity contribution >= 4 is 11.6 Å². The summed E-state index contributed by atoms with van der Waals surface area (Å²) in [6.07, 6.45) is 3.12. The summed E-state index contributed by atoms with van der Waals surface area (Å²) in [6.45, 7) is 0. The number of rotatable bonds is 1. The van der Waals surface area contributed by atoms with E-state index in [1.165, 1.54) is 6.26 Å². The maximum atomic E-state index is 5.74. The van der Waals surface area contributed by atoms with Crippen LogP contribution in [-0.2, 0) is 0 Å². The topological polar surface area (TPSA) is 26.0 Å². The van der Waals surface area contributed by atoms with E-state index in [4.69, 9.17) is 16.0 Å². The van der Waals surface area contributed by atoms with Crippen molar-refractivity contribution in [1.82, 2.24) is 4.98 Å². The summed E-state index contributed by atoms with van der Waals surface area (Å²) in [5, 5.41) is 0.561. The summed E-state index contributed by atoms with van der Waals surface area (Å²) in [6, 6.07) is 8.17. The Morgan fingerprint density at radius 1 is 1.50 bits per heavy atom. The monoisotopic (exact) mass is 178 g/mol. The molecule has 0 bridgehead atoms. The van der Waals surface area contributed by atoms with E-state index >= 15 is 0 Å². The zero-order chi connectivity index (χ0) is 8.39. The second kappa shape index (κ2) is 2.99. The van der Waals surface area contributed by atoms with Gasteiger partial charge in [-0.25, -0.2) is 4.98 Å². The lowest BCUT2D eigenvalue weighted by Crippen LogP contribution is -1.75. The maximum absolute atomic E-state index is 5.74. The number of hydrogen-bond acceptors (Lipinski definition) is 2. The second-order valence-electron chi connectivity index (χ2n) is 2.26. The Balaban J connectivity index is 2.48. The molecule has 1 aromatic heterocycles. The Labute approximate surface area is 74.8 Å². The first-order valence-electron chi connectivity index (χ1n) is 3.43. The van der Waals surface area contributed by atoms with Gasteiger partial charge in [0, 0.05) is 16.7 Å². The van der Waals surface area contributed by atoms with Gasteiger partial charge in [-0.15, -0.1) is 0 Å². The molecule has 59 valence electrons. The van der Waals surface area contributed by atoms with Crippen LogP contribution in [0.2, 0.25) is 5.02 Å². The van der Waals surface area contributed by atoms with Crippen molar-refractivity contribution in [1.29, 1.82) is 0 Å². The standard InChI is InChI=1S/C9H5ClNO/c10-8-3-1-2-7(6-8)9-11-4-5-12-9/h1-2,4-6H. The second-order valence-corrected chi connectivity index (χ2v) is 2.67. The molecule has 0 spiro atoms. The summed E-state index contributed by atoms with van der Waals surface area (Å²) >= 11 is 5.74. The summed E-state index contributed by atoms with van der Waals surface area (Å²) in [5.41, 5.74) is 0.865. The molecule has 1 heterocycles. The fourth-order valence-corrected chi connectivity index (χ4v) is 1.12. The molecule has 1 aromatic carbocycles. The lowest BCUT2D eigenvalue weighted by molar-refractivity contribution is 0.574. The Morgan fingerprint density at radius 2 is 2.42 bits per heavy atom. The summed E-state index contributed by atoms with van der Waals surface area (Å²) in [7, 11) is 0. The number of hydrogen-bond donors (Lipinski definition) is 0. The molecule has 2 nitrogen and oxygen atoms in total. The van der Waals surface area contributed by atoms with Gasteiger partial charge in [-0.1, -0.05) is 17.7 Å². The van der Waals surface area contributed by atoms with Crippen molar-refractivity contribution in [3.8, 4) is 11.5 Å². The molecule has 0 saturated heterocycles. The summed E-state index contributed by atoms with van der Waals surface area (Å²) < 4.78 is 5.09. The van der Waals surface area contributed by atoms with E-state index in [-0.39, 0.29) is 0 Å². The minimum atomic E-state index is 0.561. The number of oxazole rings is 1. The van der Waals surface area contributed by atoms with Gasteiger partial charge in [0.25, 0.3) is 0 Å². The van der Waals surface area contributed by atoms with E-state index in [1.54, 1.807) is 18.3 Å². The first kappa shape index (κ1) is 7.37. The largest absolute Gasteiger partial charge is 0.445 e. The minimum absolute atomic E-state index is 0.561. The predicted molar refractivity (Wildman–Crippen MR) is 45.8 cm³/mol. The van der Waals surface area contributed by atoms with E-state index < -0.39 is 0 Å². The highest BCUT2D eigenvalue weighted by Crippen LogP contribution is 2.19. The molecular formula is C9H5ClNO. The van der Waals surface area contributed by atoms with Crippen LogP contribution in [0.25, 0.3) is 11.5 Å². The van der Waals surface area contributed by atoms with Crippen molar-refractivity contribution < 1.29 is 4.42 Å². The van der Waals surface area contributed by atoms with E-state index in [1.807, 2.05) is 6.07 Å². The zero-order valence-corrected chi connectivity index (χ0v) is 6.88. The van der Waals surface area contributed by atoms with Gasteiger partial charge in [-0.2, -0.15) is 0 Å². The highest BCUT2D eigenvalue weighted by molar-refractivity contribution is 6.30. The van der Waals surface area contributed by atoms with Gasteiger partial charge in [0.05, 0.1) is 6.20 Å². The van der Waals surface area contributed by atoms with Crippen molar-refractivity contribution in [3.63, 3.8) is 0 Å². The molecule has 0 fully saturated rings. The van der Waals surface area contributed by atoms with Crippen molar-refractivity contribution in [2.45, 2.75) is 0 Å². The highest BCUT2D eigenvalue weighted by atomic mass is 35.5. The first-order valence-corrected chi connectivity index (χ1v) is 3.81. The van der Waals surface area contributed by atoms with Crippen LogP contribution in [0.15, 0.2) is 35.1 Å². The fraction of sp³-hybridized carbons (Fsp3) is 0. The molecule has 0 aliphatic carbocycles. The zero-order valence-electron chi connectivity index (χ0n) is 6.12. The van der Waals surface area contributed by atoms with Gasteiger partial charge in [-0.05, 0) is 12.1 Å². The van der Waals surface area contributed by atoms with Crippen LogP contribution < -0.4 is 0 Å². The number of benzene rings is 1. The van der Waals surface area contributed by atoms with Crippen LogP contribution in [0.5, 0.6) is 0 Å². The minimum Gasteiger partial charge on any atom is -0.445 e. The molecule has 0 atom stereocenters. The Morgan fingerprint density at radius 3 is 3.08 bits per heavy atom. The van der Waals surface area contributed by atoms with Gasteiger partial charge in [0.2, 0.25) is 5.89 Å². The predicted octanol–water partition coefficient (Wildman–Crippen LogP) is 2.80. The fourth-order valence-electron chi connectivity index (χ4n) is 0.936. The molecule has 3 heteroatoms. The van der Waals surface area contributed by atoms with E-state index in [0.29, 0.717) is 10.9 Å². The molecule has 0 aliphatic rings. The van der Waals surface area contributed by atoms with Crippen LogP contribution in [0, 0.1) is 6.07 Å². The third-order valence-electron chi connectivity index (χ3n) is 1.45. The first-order chi connectivity index (χ1) is 5.86. The molecular weight excluding hydrogens is 174 g/mol. The van der Waals surface area contributed by atoms with E-state index in [0.717, 1.165) is 5.56 Å². The molecule has 0 N–H and O–H groups in total. The highest BCUT2D eigenvalue weighted by Gasteiger charge is 2.01. The summed E-state index contributed by atoms with van der Waals surface area (Å²) in [5.74, 6) is 0.575. The number of halogens is 1. The van der Waals surface area contributed by atoms with Crippen LogP contribution in [0.3, 0.4) is 0 Å². The quantitative estimate of drug-likeness (QED) is 0.671. The average molecular weight is 179 g/mol. The molecule has 2 aromatic rings. The van der Waals surface area contributed by atoms with Gasteiger partial charge < -0.3 is 4.42 Å². The third kappa shape index (κ3) is 1.34. The van der Waals surface area contributed by atoms with Crippen LogP contribution in [0.4, 0.5) is 0 Å². The smallest absolute Gasteiger partial charge is 0.225 e. The molecule has 1 radical (unpaired) electrons. The molecule has 2 rings (SSSR count). The van der Waals surface area contributed by atoms with Crippen LogP contribution in [-0.4, -0.2) is 4.98 Å².